The third kappa shape index (κ3) is 1.18. The van der Waals surface area contributed by atoms with Crippen LogP contribution < -0.4 is 5.11 Å². The van der Waals surface area contributed by atoms with Crippen molar-refractivity contribution in [2.24, 2.45) is 0 Å². The molecule has 0 aromatic carbocycles. The molecule has 0 unspecified atom stereocenters. The topological polar surface area (TPSA) is 78.8 Å². The minimum Gasteiger partial charge on any atom is -0.543 e. The maximum atomic E-state index is 9.96. The molecule has 1 rings (SSSR count). The minimum atomic E-state index is -1.34. The Bertz CT molecular complexity index is 210. The van der Waals surface area contributed by atoms with Gasteiger partial charge in [-0.3, -0.25) is 0 Å². The molecule has 0 bridgehead atoms. The van der Waals surface area contributed by atoms with Gasteiger partial charge in [0.05, 0.1) is 12.2 Å². The summed E-state index contributed by atoms with van der Waals surface area (Å²) in [7, 11) is 0. The van der Waals surface area contributed by atoms with Crippen LogP contribution in [0.2, 0.25) is 0 Å². The van der Waals surface area contributed by atoms with Crippen LogP contribution in [-0.4, -0.2) is 21.4 Å². The van der Waals surface area contributed by atoms with E-state index < -0.39 is 5.97 Å². The maximum absolute atomic E-state index is 9.96. The predicted octanol–water partition coefficient (Wildman–Crippen LogP) is -1.76. The Morgan fingerprint density at radius 1 is 1.67 bits per heavy atom. The lowest BCUT2D eigenvalue weighted by atomic mass is 10.4. The number of nitrogens with zero attached hydrogens (tertiary/aromatic N) is 3. The number of carbonyl (C=O) groups excluding carboxylic acids is 1. The van der Waals surface area contributed by atoms with Gasteiger partial charge >= 0.3 is 0 Å². The quantitative estimate of drug-likeness (QED) is 0.443. The van der Waals surface area contributed by atoms with E-state index in [0.717, 1.165) is 0 Å². The second-order valence-corrected chi connectivity index (χ2v) is 1.29. The summed E-state index contributed by atoms with van der Waals surface area (Å²) in [5.41, 5.74) is -0.204. The summed E-state index contributed by atoms with van der Waals surface area (Å²) < 4.78 is 0. The third-order valence-corrected chi connectivity index (χ3v) is 0.712. The first-order valence-electron chi connectivity index (χ1n) is 2.16. The van der Waals surface area contributed by atoms with Crippen LogP contribution in [0.3, 0.4) is 0 Å². The highest BCUT2D eigenvalue weighted by Crippen LogP contribution is 1.83. The van der Waals surface area contributed by atoms with Crippen molar-refractivity contribution in [3.8, 4) is 0 Å². The van der Waals surface area contributed by atoms with Gasteiger partial charge in [0.2, 0.25) is 0 Å². The molecule has 0 atom stereocenters. The first-order valence-corrected chi connectivity index (χ1v) is 2.16. The first kappa shape index (κ1) is 5.61. The van der Waals surface area contributed by atoms with Crippen molar-refractivity contribution in [1.82, 2.24) is 15.4 Å². The van der Waals surface area contributed by atoms with Gasteiger partial charge in [-0.15, -0.1) is 10.2 Å². The van der Waals surface area contributed by atoms with Crippen molar-refractivity contribution in [2.45, 2.75) is 0 Å². The van der Waals surface area contributed by atoms with Crippen LogP contribution in [-0.2, 0) is 0 Å². The zero-order valence-corrected chi connectivity index (χ0v) is 4.31. The third-order valence-electron chi connectivity index (χ3n) is 0.712. The average molecular weight is 124 g/mol. The second kappa shape index (κ2) is 2.17. The van der Waals surface area contributed by atoms with Gasteiger partial charge in [-0.1, -0.05) is 0 Å². The van der Waals surface area contributed by atoms with E-state index in [2.05, 4.69) is 15.4 Å². The van der Waals surface area contributed by atoms with Crippen LogP contribution in [0.4, 0.5) is 0 Å². The van der Waals surface area contributed by atoms with Crippen molar-refractivity contribution in [2.75, 3.05) is 0 Å². The fraction of sp³-hybridized carbons (Fsp3) is 0. The molecule has 0 aliphatic rings. The molecule has 0 saturated heterocycles. The number of carbonyl (C=O) groups is 1. The van der Waals surface area contributed by atoms with Crippen LogP contribution in [0.25, 0.3) is 0 Å². The van der Waals surface area contributed by atoms with Gasteiger partial charge < -0.3 is 9.90 Å². The molecule has 0 aliphatic heterocycles. The molecule has 0 N–H and O–H groups in total. The SMILES string of the molecule is O=C([O-])c1ccnnn1. The highest BCUT2D eigenvalue weighted by molar-refractivity contribution is 5.82. The molecule has 9 heavy (non-hydrogen) atoms. The van der Waals surface area contributed by atoms with Gasteiger partial charge in [-0.2, -0.15) is 0 Å². The molecule has 0 radical (unpaired) electrons. The molecule has 1 aromatic heterocycles. The van der Waals surface area contributed by atoms with Gasteiger partial charge in [0.25, 0.3) is 0 Å². The number of rotatable bonds is 1. The van der Waals surface area contributed by atoms with Crippen LogP contribution in [0.1, 0.15) is 10.5 Å². The lowest BCUT2D eigenvalue weighted by Gasteiger charge is -1.94. The second-order valence-electron chi connectivity index (χ2n) is 1.29. The van der Waals surface area contributed by atoms with Gasteiger partial charge in [-0.25, -0.2) is 0 Å². The van der Waals surface area contributed by atoms with E-state index in [0.29, 0.717) is 0 Å². The zero-order chi connectivity index (χ0) is 6.69. The molecule has 0 spiro atoms. The average Bonchev–Trinajstić information content (AvgIpc) is 1.90. The Kier molecular flexibility index (Phi) is 1.35. The van der Waals surface area contributed by atoms with E-state index >= 15 is 0 Å². The van der Waals surface area contributed by atoms with Crippen molar-refractivity contribution in [3.63, 3.8) is 0 Å². The normalized spacial score (nSPS) is 8.89. The van der Waals surface area contributed by atoms with E-state index in [9.17, 15) is 9.90 Å². The number of aromatic carboxylic acids is 1. The van der Waals surface area contributed by atoms with E-state index in [1.54, 1.807) is 0 Å². The molecular weight excluding hydrogens is 122 g/mol. The lowest BCUT2D eigenvalue weighted by Crippen LogP contribution is -2.23. The predicted molar refractivity (Wildman–Crippen MR) is 24.2 cm³/mol. The summed E-state index contributed by atoms with van der Waals surface area (Å²) in [4.78, 5) is 9.96. The Morgan fingerprint density at radius 3 is 2.78 bits per heavy atom. The summed E-state index contributed by atoms with van der Waals surface area (Å²) in [6, 6.07) is 1.21. The highest BCUT2D eigenvalue weighted by Gasteiger charge is 1.90. The van der Waals surface area contributed by atoms with Crippen molar-refractivity contribution < 1.29 is 9.90 Å². The van der Waals surface area contributed by atoms with E-state index in [1.807, 2.05) is 0 Å². The smallest absolute Gasteiger partial charge is 0.112 e. The van der Waals surface area contributed by atoms with E-state index in [4.69, 9.17) is 0 Å². The molecule has 0 aliphatic carbocycles. The molecule has 46 valence electrons. The van der Waals surface area contributed by atoms with Gasteiger partial charge in [0, 0.05) is 0 Å². The Morgan fingerprint density at radius 2 is 2.44 bits per heavy atom. The van der Waals surface area contributed by atoms with Gasteiger partial charge in [0.1, 0.15) is 5.69 Å². The molecule has 1 heterocycles. The van der Waals surface area contributed by atoms with Crippen LogP contribution in [0, 0.1) is 0 Å². The largest absolute Gasteiger partial charge is 0.543 e. The number of aromatic nitrogens is 3. The molecule has 0 amide bonds. The van der Waals surface area contributed by atoms with Crippen molar-refractivity contribution >= 4 is 5.97 Å². The Labute approximate surface area is 50.3 Å². The summed E-state index contributed by atoms with van der Waals surface area (Å²) >= 11 is 0. The zero-order valence-electron chi connectivity index (χ0n) is 4.31. The number of hydrogen-bond acceptors (Lipinski definition) is 5. The summed E-state index contributed by atoms with van der Waals surface area (Å²) in [5, 5.41) is 19.5. The van der Waals surface area contributed by atoms with E-state index in [-0.39, 0.29) is 5.69 Å². The first-order chi connectivity index (χ1) is 4.30. The Balaban J connectivity index is 2.98. The molecular formula is C4H2N3O2-. The van der Waals surface area contributed by atoms with Crippen molar-refractivity contribution in [3.05, 3.63) is 18.0 Å². The molecule has 5 nitrogen and oxygen atoms in total. The van der Waals surface area contributed by atoms with Gasteiger partial charge in [0.15, 0.2) is 0 Å². The standard InChI is InChI=1S/C4H3N3O2/c8-4(9)3-1-2-5-7-6-3/h1-2H,(H,8,9)/p-1. The fourth-order valence-corrected chi connectivity index (χ4v) is 0.350. The summed E-state index contributed by atoms with van der Waals surface area (Å²) in [6.07, 6.45) is 1.23. The molecule has 0 fully saturated rings. The lowest BCUT2D eigenvalue weighted by molar-refractivity contribution is -0.255. The summed E-state index contributed by atoms with van der Waals surface area (Å²) in [6.45, 7) is 0. The van der Waals surface area contributed by atoms with Crippen molar-refractivity contribution in [1.29, 1.82) is 0 Å². The monoisotopic (exact) mass is 124 g/mol. The highest BCUT2D eigenvalue weighted by atomic mass is 16.4. The molecule has 1 aromatic rings. The van der Waals surface area contributed by atoms with Crippen LogP contribution in [0.15, 0.2) is 12.3 Å². The van der Waals surface area contributed by atoms with Crippen LogP contribution in [0.5, 0.6) is 0 Å². The van der Waals surface area contributed by atoms with E-state index in [1.165, 1.54) is 12.3 Å². The summed E-state index contributed by atoms with van der Waals surface area (Å²) in [5.74, 6) is -1.34. The van der Waals surface area contributed by atoms with Gasteiger partial charge in [-0.05, 0) is 11.3 Å². The fourth-order valence-electron chi connectivity index (χ4n) is 0.350. The number of carboxylic acids is 1. The van der Waals surface area contributed by atoms with Crippen LogP contribution >= 0.6 is 0 Å². The Hall–Kier alpha value is -1.52. The number of hydrogen-bond donors (Lipinski definition) is 0. The molecule has 5 heteroatoms. The maximum Gasteiger partial charge on any atom is 0.112 e. The molecule has 0 saturated carbocycles. The minimum absolute atomic E-state index is 0.204. The number of carboxylic acid groups (broad SMARTS) is 1.